The van der Waals surface area contributed by atoms with Crippen molar-refractivity contribution >= 4 is 22.2 Å². The molecule has 2 unspecified atom stereocenters. The molecule has 0 radical (unpaired) electrons. The Labute approximate surface area is 129 Å². The Kier molecular flexibility index (Phi) is 4.01. The second-order valence-corrected chi connectivity index (χ2v) is 7.53. The number of carbonyl (C=O) groups is 1. The van der Waals surface area contributed by atoms with Gasteiger partial charge in [0, 0.05) is 17.3 Å². The average molecular weight is 303 g/mol. The van der Waals surface area contributed by atoms with Crippen LogP contribution in [0.25, 0.3) is 0 Å². The van der Waals surface area contributed by atoms with E-state index < -0.39 is 0 Å². The lowest BCUT2D eigenvalue weighted by molar-refractivity contribution is -0.116. The Balaban J connectivity index is 1.73. The van der Waals surface area contributed by atoms with Crippen molar-refractivity contribution in [2.24, 2.45) is 17.6 Å². The minimum absolute atomic E-state index is 0.0369. The van der Waals surface area contributed by atoms with Crippen molar-refractivity contribution in [3.63, 3.8) is 0 Å². The van der Waals surface area contributed by atoms with E-state index in [9.17, 15) is 10.1 Å². The molecule has 1 heterocycles. The molecule has 21 heavy (non-hydrogen) atoms. The van der Waals surface area contributed by atoms with Crippen LogP contribution in [0.2, 0.25) is 0 Å². The molecule has 0 spiro atoms. The number of nitrogens with zero attached hydrogens (tertiary/aromatic N) is 1. The number of amides is 1. The van der Waals surface area contributed by atoms with Gasteiger partial charge in [0.25, 0.3) is 0 Å². The summed E-state index contributed by atoms with van der Waals surface area (Å²) in [6, 6.07) is 2.24. The molecule has 0 aliphatic heterocycles. The number of rotatable bonds is 4. The highest BCUT2D eigenvalue weighted by Gasteiger charge is 2.30. The predicted octanol–water partition coefficient (Wildman–Crippen LogP) is 2.81. The maximum atomic E-state index is 12.1. The van der Waals surface area contributed by atoms with Crippen LogP contribution in [0.15, 0.2) is 0 Å². The van der Waals surface area contributed by atoms with Gasteiger partial charge in [-0.1, -0.05) is 6.92 Å². The van der Waals surface area contributed by atoms with E-state index in [2.05, 4.69) is 18.3 Å². The van der Waals surface area contributed by atoms with Gasteiger partial charge < -0.3 is 11.1 Å². The van der Waals surface area contributed by atoms with E-state index in [1.807, 2.05) is 0 Å². The average Bonchev–Trinajstić information content (AvgIpc) is 3.21. The number of nitrogens with one attached hydrogen (secondary N) is 1. The number of anilines is 1. The molecular formula is C16H21N3OS. The molecule has 4 nitrogen and oxygen atoms in total. The predicted molar refractivity (Wildman–Crippen MR) is 84.2 cm³/mol. The fourth-order valence-corrected chi connectivity index (χ4v) is 4.42. The van der Waals surface area contributed by atoms with Crippen LogP contribution in [0, 0.1) is 23.2 Å². The second kappa shape index (κ2) is 5.78. The van der Waals surface area contributed by atoms with E-state index in [1.165, 1.54) is 4.88 Å². The van der Waals surface area contributed by atoms with Gasteiger partial charge >= 0.3 is 0 Å². The van der Waals surface area contributed by atoms with E-state index in [0.29, 0.717) is 23.8 Å². The number of nitriles is 1. The summed E-state index contributed by atoms with van der Waals surface area (Å²) in [4.78, 5) is 13.4. The van der Waals surface area contributed by atoms with E-state index in [0.717, 1.165) is 42.7 Å². The molecule has 1 aromatic rings. The van der Waals surface area contributed by atoms with Crippen LogP contribution in [0.1, 0.15) is 48.6 Å². The molecule has 1 saturated carbocycles. The number of carbonyl (C=O) groups excluding carboxylic acids is 1. The van der Waals surface area contributed by atoms with E-state index in [-0.39, 0.29) is 11.9 Å². The molecule has 0 aromatic carbocycles. The van der Waals surface area contributed by atoms with E-state index >= 15 is 0 Å². The van der Waals surface area contributed by atoms with Crippen LogP contribution in [-0.2, 0) is 17.6 Å². The van der Waals surface area contributed by atoms with Crippen molar-refractivity contribution in [2.75, 3.05) is 5.32 Å². The molecule has 1 aromatic heterocycles. The number of fused-ring (bicyclic) bond motifs is 1. The van der Waals surface area contributed by atoms with Crippen LogP contribution in [0.3, 0.4) is 0 Å². The Morgan fingerprint density at radius 3 is 2.95 bits per heavy atom. The first-order valence-corrected chi connectivity index (χ1v) is 8.50. The van der Waals surface area contributed by atoms with Gasteiger partial charge in [0.15, 0.2) is 0 Å². The third-order valence-corrected chi connectivity index (χ3v) is 5.69. The monoisotopic (exact) mass is 303 g/mol. The molecule has 2 aliphatic rings. The normalized spacial score (nSPS) is 22.2. The van der Waals surface area contributed by atoms with Crippen molar-refractivity contribution in [1.82, 2.24) is 0 Å². The van der Waals surface area contributed by atoms with Gasteiger partial charge in [-0.25, -0.2) is 0 Å². The first-order chi connectivity index (χ1) is 10.1. The maximum Gasteiger partial charge on any atom is 0.226 e. The summed E-state index contributed by atoms with van der Waals surface area (Å²) in [6.45, 7) is 2.24. The lowest BCUT2D eigenvalue weighted by Gasteiger charge is -2.17. The maximum absolute atomic E-state index is 12.1. The summed E-state index contributed by atoms with van der Waals surface area (Å²) in [7, 11) is 0. The Bertz CT molecular complexity index is 597. The summed E-state index contributed by atoms with van der Waals surface area (Å²) in [5.41, 5.74) is 7.83. The highest BCUT2D eigenvalue weighted by molar-refractivity contribution is 7.16. The fraction of sp³-hybridized carbons (Fsp3) is 0.625. The van der Waals surface area contributed by atoms with Crippen molar-refractivity contribution in [3.8, 4) is 6.07 Å². The first kappa shape index (κ1) is 14.6. The third-order valence-electron chi connectivity index (χ3n) is 4.53. The Morgan fingerprint density at radius 1 is 1.52 bits per heavy atom. The molecule has 2 aliphatic carbocycles. The van der Waals surface area contributed by atoms with Gasteiger partial charge in [-0.2, -0.15) is 5.26 Å². The highest BCUT2D eigenvalue weighted by atomic mass is 32.1. The van der Waals surface area contributed by atoms with E-state index in [1.54, 1.807) is 11.3 Å². The Hall–Kier alpha value is -1.38. The largest absolute Gasteiger partial charge is 0.327 e. The molecule has 0 saturated heterocycles. The first-order valence-electron chi connectivity index (χ1n) is 7.68. The molecule has 5 heteroatoms. The SMILES string of the molecule is CC1CCc2c(sc(NC(=O)CC(N)C3CC3)c2C#N)C1. The van der Waals surface area contributed by atoms with Gasteiger partial charge in [-0.3, -0.25) is 4.79 Å². The van der Waals surface area contributed by atoms with Gasteiger partial charge in [0.2, 0.25) is 5.91 Å². The third kappa shape index (κ3) is 3.12. The smallest absolute Gasteiger partial charge is 0.226 e. The van der Waals surface area contributed by atoms with Crippen LogP contribution >= 0.6 is 11.3 Å². The minimum Gasteiger partial charge on any atom is -0.327 e. The molecule has 1 fully saturated rings. The van der Waals surface area contributed by atoms with Crippen LogP contribution < -0.4 is 11.1 Å². The van der Waals surface area contributed by atoms with Crippen LogP contribution in [0.4, 0.5) is 5.00 Å². The number of hydrogen-bond donors (Lipinski definition) is 2. The van der Waals surface area contributed by atoms with Gasteiger partial charge in [0.05, 0.1) is 5.56 Å². The number of hydrogen-bond acceptors (Lipinski definition) is 4. The number of thiophene rings is 1. The van der Waals surface area contributed by atoms with Crippen molar-refractivity contribution in [2.45, 2.75) is 51.5 Å². The van der Waals surface area contributed by atoms with Gasteiger partial charge in [-0.05, 0) is 49.5 Å². The van der Waals surface area contributed by atoms with Gasteiger partial charge in [0.1, 0.15) is 11.1 Å². The fourth-order valence-electron chi connectivity index (χ4n) is 3.04. The summed E-state index contributed by atoms with van der Waals surface area (Å²) < 4.78 is 0. The topological polar surface area (TPSA) is 78.9 Å². The zero-order valence-corrected chi connectivity index (χ0v) is 13.1. The standard InChI is InChI=1S/C16H21N3OS/c1-9-2-5-11-12(8-17)16(21-14(11)6-9)19-15(20)7-13(18)10-3-4-10/h9-10,13H,2-7,18H2,1H3,(H,19,20). The molecule has 2 atom stereocenters. The molecule has 0 bridgehead atoms. The van der Waals surface area contributed by atoms with Crippen molar-refractivity contribution in [1.29, 1.82) is 5.26 Å². The Morgan fingerprint density at radius 2 is 2.29 bits per heavy atom. The van der Waals surface area contributed by atoms with Crippen LogP contribution in [-0.4, -0.2) is 11.9 Å². The zero-order chi connectivity index (χ0) is 15.0. The zero-order valence-electron chi connectivity index (χ0n) is 12.3. The minimum atomic E-state index is -0.0578. The summed E-state index contributed by atoms with van der Waals surface area (Å²) >= 11 is 1.57. The molecule has 3 N–H and O–H groups in total. The van der Waals surface area contributed by atoms with E-state index in [4.69, 9.17) is 5.73 Å². The van der Waals surface area contributed by atoms with Crippen molar-refractivity contribution < 1.29 is 4.79 Å². The lowest BCUT2D eigenvalue weighted by atomic mass is 9.88. The summed E-state index contributed by atoms with van der Waals surface area (Å²) in [6.07, 6.45) is 5.73. The van der Waals surface area contributed by atoms with Crippen molar-refractivity contribution in [3.05, 3.63) is 16.0 Å². The summed E-state index contributed by atoms with van der Waals surface area (Å²) in [5, 5.41) is 13.1. The molecular weight excluding hydrogens is 282 g/mol. The molecule has 1 amide bonds. The van der Waals surface area contributed by atoms with Crippen LogP contribution in [0.5, 0.6) is 0 Å². The summed E-state index contributed by atoms with van der Waals surface area (Å²) in [5.74, 6) is 1.12. The second-order valence-electron chi connectivity index (χ2n) is 6.42. The molecule has 3 rings (SSSR count). The van der Waals surface area contributed by atoms with Gasteiger partial charge in [-0.15, -0.1) is 11.3 Å². The molecule has 112 valence electrons. The number of nitrogens with two attached hydrogens (primary N) is 1. The quantitative estimate of drug-likeness (QED) is 0.897. The lowest BCUT2D eigenvalue weighted by Crippen LogP contribution is -2.28. The highest BCUT2D eigenvalue weighted by Crippen LogP contribution is 2.39.